The van der Waals surface area contributed by atoms with Gasteiger partial charge in [-0.25, -0.2) is 0 Å². The van der Waals surface area contributed by atoms with Crippen LogP contribution < -0.4 is 0 Å². The van der Waals surface area contributed by atoms with Crippen LogP contribution in [0.3, 0.4) is 0 Å². The molecule has 0 unspecified atom stereocenters. The largest absolute Gasteiger partial charge is 0.381 e. The van der Waals surface area contributed by atoms with Crippen molar-refractivity contribution >= 4 is 0 Å². The predicted octanol–water partition coefficient (Wildman–Crippen LogP) is 2.53. The van der Waals surface area contributed by atoms with Gasteiger partial charge in [0.05, 0.1) is 6.61 Å². The molecule has 2 aliphatic rings. The fourth-order valence-electron chi connectivity index (χ4n) is 3.30. The summed E-state index contributed by atoms with van der Waals surface area (Å²) in [5.41, 5.74) is 2.95. The zero-order valence-electron chi connectivity index (χ0n) is 11.4. The highest BCUT2D eigenvalue weighted by Crippen LogP contribution is 2.29. The molecule has 0 amide bonds. The van der Waals surface area contributed by atoms with E-state index in [1.165, 1.54) is 11.1 Å². The van der Waals surface area contributed by atoms with E-state index in [9.17, 15) is 0 Å². The second kappa shape index (κ2) is 5.02. The highest BCUT2D eigenvalue weighted by atomic mass is 16.5. The maximum absolute atomic E-state index is 5.42. The molecule has 2 heterocycles. The quantitative estimate of drug-likeness (QED) is 0.860. The van der Waals surface area contributed by atoms with Crippen molar-refractivity contribution in [2.24, 2.45) is 5.92 Å². The lowest BCUT2D eigenvalue weighted by molar-refractivity contribution is 0.192. The Balaban J connectivity index is 1.43. The van der Waals surface area contributed by atoms with Crippen LogP contribution >= 0.6 is 0 Å². The number of nitrogens with zero attached hydrogens (tertiary/aromatic N) is 2. The van der Waals surface area contributed by atoms with Gasteiger partial charge in [0.15, 0.2) is 5.82 Å². The first-order valence-electron chi connectivity index (χ1n) is 7.35. The molecule has 4 heteroatoms. The summed E-state index contributed by atoms with van der Waals surface area (Å²) in [6.45, 7) is 1.54. The van der Waals surface area contributed by atoms with Gasteiger partial charge in [-0.2, -0.15) is 4.98 Å². The van der Waals surface area contributed by atoms with Crippen molar-refractivity contribution in [1.29, 1.82) is 0 Å². The molecule has 2 aromatic rings. The average molecular weight is 270 g/mol. The fraction of sp³-hybridized carbons (Fsp3) is 0.500. The number of hydrogen-bond acceptors (Lipinski definition) is 4. The molecule has 0 spiro atoms. The van der Waals surface area contributed by atoms with Gasteiger partial charge < -0.3 is 9.26 Å². The minimum atomic E-state index is 0.327. The van der Waals surface area contributed by atoms with Crippen molar-refractivity contribution in [3.63, 3.8) is 0 Å². The first-order chi connectivity index (χ1) is 9.88. The minimum Gasteiger partial charge on any atom is -0.381 e. The topological polar surface area (TPSA) is 48.2 Å². The maximum atomic E-state index is 5.42. The van der Waals surface area contributed by atoms with Gasteiger partial charge in [-0.1, -0.05) is 29.4 Å². The van der Waals surface area contributed by atoms with E-state index in [4.69, 9.17) is 9.26 Å². The van der Waals surface area contributed by atoms with E-state index in [1.807, 2.05) is 0 Å². The normalized spacial score (nSPS) is 22.3. The smallest absolute Gasteiger partial charge is 0.226 e. The van der Waals surface area contributed by atoms with Crippen LogP contribution in [0.1, 0.15) is 35.2 Å². The number of ether oxygens (including phenoxy) is 1. The van der Waals surface area contributed by atoms with E-state index in [1.54, 1.807) is 0 Å². The molecule has 0 radical (unpaired) electrons. The molecule has 0 saturated carbocycles. The van der Waals surface area contributed by atoms with Crippen LogP contribution in [0.4, 0.5) is 0 Å². The fourth-order valence-corrected chi connectivity index (χ4v) is 3.30. The van der Waals surface area contributed by atoms with Crippen LogP contribution in [0.5, 0.6) is 0 Å². The van der Waals surface area contributed by atoms with E-state index in [2.05, 4.69) is 34.4 Å². The molecule has 1 saturated heterocycles. The van der Waals surface area contributed by atoms with Crippen molar-refractivity contribution in [3.05, 3.63) is 47.1 Å². The number of rotatable bonds is 3. The number of benzene rings is 1. The molecule has 4 nitrogen and oxygen atoms in total. The van der Waals surface area contributed by atoms with Gasteiger partial charge in [0.1, 0.15) is 0 Å². The van der Waals surface area contributed by atoms with E-state index < -0.39 is 0 Å². The van der Waals surface area contributed by atoms with Crippen LogP contribution in [-0.4, -0.2) is 23.4 Å². The molecule has 104 valence electrons. The maximum Gasteiger partial charge on any atom is 0.226 e. The van der Waals surface area contributed by atoms with Crippen molar-refractivity contribution in [2.45, 2.75) is 31.6 Å². The Morgan fingerprint density at radius 2 is 1.95 bits per heavy atom. The van der Waals surface area contributed by atoms with E-state index in [-0.39, 0.29) is 0 Å². The van der Waals surface area contributed by atoms with Crippen LogP contribution in [0.25, 0.3) is 0 Å². The standard InChI is InChI=1S/C16H18N2O2/c1-2-4-13-8-11(7-12(13)3-1)9-15-17-16(18-20-15)14-5-6-19-10-14/h1-4,11,14H,5-10H2/t14-/m0/s1. The molecule has 1 atom stereocenters. The monoisotopic (exact) mass is 270 g/mol. The number of aromatic nitrogens is 2. The summed E-state index contributed by atoms with van der Waals surface area (Å²) in [7, 11) is 0. The summed E-state index contributed by atoms with van der Waals surface area (Å²) < 4.78 is 10.8. The summed E-state index contributed by atoms with van der Waals surface area (Å²) in [5.74, 6) is 2.53. The third kappa shape index (κ3) is 2.24. The van der Waals surface area contributed by atoms with Crippen LogP contribution in [0, 0.1) is 5.92 Å². The van der Waals surface area contributed by atoms with Gasteiger partial charge in [0, 0.05) is 18.9 Å². The SMILES string of the molecule is c1ccc2c(c1)CC(Cc1nc([C@H]3CCOC3)no1)C2. The Kier molecular flexibility index (Phi) is 3.03. The molecule has 1 aliphatic carbocycles. The zero-order valence-corrected chi connectivity index (χ0v) is 11.4. The van der Waals surface area contributed by atoms with Gasteiger partial charge in [0.2, 0.25) is 5.89 Å². The molecule has 20 heavy (non-hydrogen) atoms. The van der Waals surface area contributed by atoms with Crippen molar-refractivity contribution in [3.8, 4) is 0 Å². The average Bonchev–Trinajstić information content (AvgIpc) is 3.18. The van der Waals surface area contributed by atoms with Crippen molar-refractivity contribution in [2.75, 3.05) is 13.2 Å². The predicted molar refractivity (Wildman–Crippen MR) is 73.5 cm³/mol. The minimum absolute atomic E-state index is 0.327. The molecule has 1 aromatic heterocycles. The lowest BCUT2D eigenvalue weighted by atomic mass is 10.0. The van der Waals surface area contributed by atoms with E-state index >= 15 is 0 Å². The molecule has 0 N–H and O–H groups in total. The van der Waals surface area contributed by atoms with Crippen molar-refractivity contribution < 1.29 is 9.26 Å². The Morgan fingerprint density at radius 1 is 1.15 bits per heavy atom. The van der Waals surface area contributed by atoms with Gasteiger partial charge in [-0.3, -0.25) is 0 Å². The molecule has 1 aromatic carbocycles. The van der Waals surface area contributed by atoms with Crippen LogP contribution in [0.2, 0.25) is 0 Å². The highest BCUT2D eigenvalue weighted by Gasteiger charge is 2.26. The van der Waals surface area contributed by atoms with Gasteiger partial charge in [-0.05, 0) is 36.3 Å². The second-order valence-electron chi connectivity index (χ2n) is 5.85. The molecular formula is C16H18N2O2. The lowest BCUT2D eigenvalue weighted by Gasteiger charge is -2.03. The van der Waals surface area contributed by atoms with Crippen molar-refractivity contribution in [1.82, 2.24) is 10.1 Å². The molecular weight excluding hydrogens is 252 g/mol. The first-order valence-corrected chi connectivity index (χ1v) is 7.35. The highest BCUT2D eigenvalue weighted by molar-refractivity contribution is 5.32. The van der Waals surface area contributed by atoms with Gasteiger partial charge >= 0.3 is 0 Å². The summed E-state index contributed by atoms with van der Waals surface area (Å²) in [6.07, 6.45) is 4.14. The van der Waals surface area contributed by atoms with Crippen LogP contribution in [0.15, 0.2) is 28.8 Å². The molecule has 1 aliphatic heterocycles. The van der Waals surface area contributed by atoms with Gasteiger partial charge in [0.25, 0.3) is 0 Å². The van der Waals surface area contributed by atoms with Gasteiger partial charge in [-0.15, -0.1) is 0 Å². The Labute approximate surface area is 118 Å². The zero-order chi connectivity index (χ0) is 13.4. The second-order valence-corrected chi connectivity index (χ2v) is 5.85. The number of hydrogen-bond donors (Lipinski definition) is 0. The third-order valence-corrected chi connectivity index (χ3v) is 4.38. The Bertz CT molecular complexity index is 577. The summed E-state index contributed by atoms with van der Waals surface area (Å²) in [6, 6.07) is 8.69. The first kappa shape index (κ1) is 12.1. The third-order valence-electron chi connectivity index (χ3n) is 4.38. The Hall–Kier alpha value is -1.68. The summed E-state index contributed by atoms with van der Waals surface area (Å²) in [4.78, 5) is 4.56. The van der Waals surface area contributed by atoms with E-state index in [0.717, 1.165) is 50.6 Å². The number of fused-ring (bicyclic) bond motifs is 1. The summed E-state index contributed by atoms with van der Waals surface area (Å²) >= 11 is 0. The lowest BCUT2D eigenvalue weighted by Crippen LogP contribution is -2.05. The molecule has 4 rings (SSSR count). The van der Waals surface area contributed by atoms with E-state index in [0.29, 0.717) is 11.8 Å². The summed E-state index contributed by atoms with van der Waals surface area (Å²) in [5, 5.41) is 4.12. The van der Waals surface area contributed by atoms with Crippen LogP contribution in [-0.2, 0) is 24.0 Å². The molecule has 0 bridgehead atoms. The molecule has 1 fully saturated rings. The Morgan fingerprint density at radius 3 is 2.65 bits per heavy atom.